The van der Waals surface area contributed by atoms with E-state index in [-0.39, 0.29) is 5.91 Å². The highest BCUT2D eigenvalue weighted by molar-refractivity contribution is 7.82. The van der Waals surface area contributed by atoms with Crippen molar-refractivity contribution >= 4 is 27.8 Å². The number of nitrogens with zero attached hydrogens (tertiary/aromatic N) is 2. The van der Waals surface area contributed by atoms with Gasteiger partial charge >= 0.3 is 0 Å². The number of nitrogens with one attached hydrogen (secondary N) is 2. The van der Waals surface area contributed by atoms with Crippen LogP contribution in [0.25, 0.3) is 10.9 Å². The number of carbonyl (C=O) groups excluding carboxylic acids is 1. The minimum Gasteiger partial charge on any atom is -0.348 e. The fourth-order valence-corrected chi connectivity index (χ4v) is 4.53. The molecular formula is C20H22N4O2S. The first-order valence-corrected chi connectivity index (χ1v) is 10.3. The van der Waals surface area contributed by atoms with E-state index in [1.54, 1.807) is 12.3 Å². The average molecular weight is 382 g/mol. The summed E-state index contributed by atoms with van der Waals surface area (Å²) in [5, 5.41) is 10.7. The summed E-state index contributed by atoms with van der Waals surface area (Å²) in [5.41, 5.74) is 2.49. The van der Waals surface area contributed by atoms with E-state index in [9.17, 15) is 9.00 Å². The number of carbonyl (C=O) groups is 1. The van der Waals surface area contributed by atoms with Crippen molar-refractivity contribution in [3.8, 4) is 0 Å². The molecule has 3 aromatic rings. The van der Waals surface area contributed by atoms with Crippen LogP contribution in [-0.2, 0) is 17.5 Å². The van der Waals surface area contributed by atoms with Gasteiger partial charge in [0.15, 0.2) is 0 Å². The summed E-state index contributed by atoms with van der Waals surface area (Å²) in [6, 6.07) is 13.1. The van der Waals surface area contributed by atoms with Gasteiger partial charge in [-0.15, -0.1) is 0 Å². The Hall–Kier alpha value is -2.51. The molecule has 1 unspecified atom stereocenters. The number of H-pyrrole nitrogens is 1. The number of amides is 1. The van der Waals surface area contributed by atoms with Gasteiger partial charge < -0.3 is 5.32 Å². The summed E-state index contributed by atoms with van der Waals surface area (Å²) < 4.78 is 14.6. The van der Waals surface area contributed by atoms with Gasteiger partial charge in [-0.1, -0.05) is 18.6 Å². The highest BCUT2D eigenvalue weighted by Gasteiger charge is 2.17. The third-order valence-corrected chi connectivity index (χ3v) is 6.34. The van der Waals surface area contributed by atoms with E-state index in [1.807, 2.05) is 40.7 Å². The van der Waals surface area contributed by atoms with Gasteiger partial charge in [0.2, 0.25) is 0 Å². The zero-order valence-corrected chi connectivity index (χ0v) is 15.8. The molecule has 1 atom stereocenters. The van der Waals surface area contributed by atoms with Gasteiger partial charge in [-0.3, -0.25) is 9.89 Å². The van der Waals surface area contributed by atoms with E-state index in [4.69, 9.17) is 0 Å². The van der Waals surface area contributed by atoms with E-state index >= 15 is 0 Å². The van der Waals surface area contributed by atoms with E-state index in [0.717, 1.165) is 47.3 Å². The van der Waals surface area contributed by atoms with Gasteiger partial charge in [0.25, 0.3) is 5.91 Å². The molecule has 1 aliphatic heterocycles. The molecule has 0 radical (unpaired) electrons. The van der Waals surface area contributed by atoms with E-state index in [2.05, 4.69) is 15.5 Å². The number of hydrogen-bond donors (Lipinski definition) is 2. The molecule has 140 valence electrons. The topological polar surface area (TPSA) is 78.1 Å². The van der Waals surface area contributed by atoms with Crippen LogP contribution in [0.15, 0.2) is 53.6 Å². The molecule has 1 aromatic heterocycles. The van der Waals surface area contributed by atoms with Crippen LogP contribution in [-0.4, -0.2) is 37.7 Å². The molecule has 1 amide bonds. The van der Waals surface area contributed by atoms with E-state index in [1.165, 1.54) is 6.42 Å². The fraction of sp³-hybridized carbons (Fsp3) is 0.300. The molecule has 6 nitrogen and oxygen atoms in total. The van der Waals surface area contributed by atoms with Gasteiger partial charge in [0, 0.05) is 30.6 Å². The van der Waals surface area contributed by atoms with Crippen molar-refractivity contribution < 1.29 is 9.00 Å². The molecule has 1 saturated heterocycles. The molecule has 2 N–H and O–H groups in total. The molecular weight excluding hydrogens is 360 g/mol. The number of benzene rings is 2. The monoisotopic (exact) mass is 382 g/mol. The Morgan fingerprint density at radius 2 is 1.89 bits per heavy atom. The Balaban J connectivity index is 1.36. The largest absolute Gasteiger partial charge is 0.348 e. The highest BCUT2D eigenvalue weighted by atomic mass is 32.2. The van der Waals surface area contributed by atoms with Gasteiger partial charge in [0.1, 0.15) is 11.0 Å². The number of fused-ring (bicyclic) bond motifs is 1. The smallest absolute Gasteiger partial charge is 0.251 e. The Bertz CT molecular complexity index is 962. The van der Waals surface area contributed by atoms with Gasteiger partial charge in [-0.05, 0) is 48.7 Å². The quantitative estimate of drug-likeness (QED) is 0.712. The predicted octanol–water partition coefficient (Wildman–Crippen LogP) is 3.00. The third kappa shape index (κ3) is 4.09. The number of piperidine rings is 1. The maximum Gasteiger partial charge on any atom is 0.251 e. The second-order valence-corrected chi connectivity index (χ2v) is 8.22. The molecule has 0 saturated carbocycles. The summed E-state index contributed by atoms with van der Waals surface area (Å²) >= 11 is 0. The minimum atomic E-state index is -1.09. The zero-order valence-electron chi connectivity index (χ0n) is 15.0. The summed E-state index contributed by atoms with van der Waals surface area (Å²) in [4.78, 5) is 13.2. The van der Waals surface area contributed by atoms with Crippen molar-refractivity contribution in [2.24, 2.45) is 0 Å². The summed E-state index contributed by atoms with van der Waals surface area (Å²) in [5.74, 6) is -0.126. The molecule has 27 heavy (non-hydrogen) atoms. The molecule has 7 heteroatoms. The lowest BCUT2D eigenvalue weighted by atomic mass is 10.1. The third-order valence-electron chi connectivity index (χ3n) is 4.83. The van der Waals surface area contributed by atoms with Crippen molar-refractivity contribution in [3.05, 3.63) is 59.8 Å². The van der Waals surface area contributed by atoms with Crippen LogP contribution in [0.4, 0.5) is 0 Å². The fourth-order valence-electron chi connectivity index (χ4n) is 3.27. The maximum absolute atomic E-state index is 12.6. The van der Waals surface area contributed by atoms with Gasteiger partial charge in [-0.25, -0.2) is 8.51 Å². The van der Waals surface area contributed by atoms with Crippen LogP contribution in [0.2, 0.25) is 0 Å². The number of aromatic amines is 1. The zero-order chi connectivity index (χ0) is 18.6. The molecule has 0 aliphatic carbocycles. The molecule has 4 rings (SSSR count). The van der Waals surface area contributed by atoms with Crippen molar-refractivity contribution in [1.29, 1.82) is 0 Å². The average Bonchev–Trinajstić information content (AvgIpc) is 3.20. The van der Waals surface area contributed by atoms with E-state index in [0.29, 0.717) is 12.1 Å². The first-order chi connectivity index (χ1) is 13.2. The van der Waals surface area contributed by atoms with Gasteiger partial charge in [-0.2, -0.15) is 5.10 Å². The second kappa shape index (κ2) is 8.02. The Morgan fingerprint density at radius 3 is 2.67 bits per heavy atom. The lowest BCUT2D eigenvalue weighted by Gasteiger charge is -2.25. The first kappa shape index (κ1) is 17.9. The maximum atomic E-state index is 12.6. The molecule has 1 aliphatic rings. The lowest BCUT2D eigenvalue weighted by molar-refractivity contribution is 0.0951. The highest BCUT2D eigenvalue weighted by Crippen LogP contribution is 2.18. The van der Waals surface area contributed by atoms with Crippen molar-refractivity contribution in [2.75, 3.05) is 13.1 Å². The van der Waals surface area contributed by atoms with Crippen LogP contribution in [0.5, 0.6) is 0 Å². The summed E-state index contributed by atoms with van der Waals surface area (Å²) in [6.45, 7) is 2.22. The Labute approximate surface area is 160 Å². The normalized spacial score (nSPS) is 16.3. The standard InChI is InChI=1S/C20H22N4O2S/c25-20(16-6-9-19-17(12-16)14-22-23-19)21-13-15-4-7-18(8-5-15)27(26)24-10-2-1-3-11-24/h4-9,12,14H,1-3,10-11,13H2,(H,21,25)(H,22,23). The molecule has 0 bridgehead atoms. The number of rotatable bonds is 5. The first-order valence-electron chi connectivity index (χ1n) is 9.18. The van der Waals surface area contributed by atoms with Crippen molar-refractivity contribution in [1.82, 2.24) is 19.8 Å². The predicted molar refractivity (Wildman–Crippen MR) is 106 cm³/mol. The van der Waals surface area contributed by atoms with Crippen LogP contribution in [0.1, 0.15) is 35.2 Å². The number of aromatic nitrogens is 2. The van der Waals surface area contributed by atoms with Gasteiger partial charge in [0.05, 0.1) is 16.6 Å². The SMILES string of the molecule is O=C(NCc1ccc(S(=O)N2CCCCC2)cc1)c1ccc2[nH]ncc2c1. The van der Waals surface area contributed by atoms with Crippen molar-refractivity contribution in [2.45, 2.75) is 30.7 Å². The molecule has 2 aromatic carbocycles. The molecule has 1 fully saturated rings. The molecule has 0 spiro atoms. The lowest BCUT2D eigenvalue weighted by Crippen LogP contribution is -2.31. The Morgan fingerprint density at radius 1 is 1.11 bits per heavy atom. The second-order valence-electron chi connectivity index (χ2n) is 6.74. The van der Waals surface area contributed by atoms with Crippen LogP contribution >= 0.6 is 0 Å². The van der Waals surface area contributed by atoms with Crippen LogP contribution < -0.4 is 5.32 Å². The Kier molecular flexibility index (Phi) is 5.31. The minimum absolute atomic E-state index is 0.126. The summed E-state index contributed by atoms with van der Waals surface area (Å²) in [6.07, 6.45) is 5.15. The number of hydrogen-bond acceptors (Lipinski definition) is 3. The summed E-state index contributed by atoms with van der Waals surface area (Å²) in [7, 11) is -1.09. The molecule has 2 heterocycles. The van der Waals surface area contributed by atoms with Crippen molar-refractivity contribution in [3.63, 3.8) is 0 Å². The van der Waals surface area contributed by atoms with E-state index < -0.39 is 11.0 Å². The van der Waals surface area contributed by atoms with Crippen LogP contribution in [0, 0.1) is 0 Å². The van der Waals surface area contributed by atoms with Crippen LogP contribution in [0.3, 0.4) is 0 Å².